The molecule has 3 heteroatoms. The van der Waals surface area contributed by atoms with E-state index >= 15 is 0 Å². The highest BCUT2D eigenvalue weighted by Crippen LogP contribution is 2.58. The maximum Gasteiger partial charge on any atom is 0.0727 e. The van der Waals surface area contributed by atoms with E-state index in [1.165, 1.54) is 75.4 Å². The molecule has 1 aliphatic carbocycles. The lowest BCUT2D eigenvalue weighted by atomic mass is 9.67. The highest BCUT2D eigenvalue weighted by molar-refractivity contribution is 7.26. The van der Waals surface area contributed by atoms with Crippen molar-refractivity contribution in [2.45, 2.75) is 5.41 Å². The van der Waals surface area contributed by atoms with Crippen LogP contribution in [0.3, 0.4) is 0 Å². The van der Waals surface area contributed by atoms with Crippen molar-refractivity contribution in [3.63, 3.8) is 0 Å². The van der Waals surface area contributed by atoms with Crippen molar-refractivity contribution in [1.82, 2.24) is 4.57 Å². The van der Waals surface area contributed by atoms with E-state index in [2.05, 4.69) is 228 Å². The molecule has 0 N–H and O–H groups in total. The molecule has 1 aliphatic rings. The van der Waals surface area contributed by atoms with Crippen LogP contribution in [0.25, 0.3) is 58.8 Å². The second-order valence-electron chi connectivity index (χ2n) is 15.2. The van der Waals surface area contributed by atoms with Gasteiger partial charge in [-0.05, 0) is 94.0 Å². The Morgan fingerprint density at radius 2 is 0.948 bits per heavy atom. The second-order valence-corrected chi connectivity index (χ2v) is 16.3. The average Bonchev–Trinajstić information content (AvgIpc) is 3.94. The van der Waals surface area contributed by atoms with Gasteiger partial charge in [-0.25, -0.2) is 0 Å². The molecule has 2 heterocycles. The van der Waals surface area contributed by atoms with Gasteiger partial charge in [0.2, 0.25) is 0 Å². The Balaban J connectivity index is 1.08. The number of aromatic nitrogens is 1. The van der Waals surface area contributed by atoms with Crippen molar-refractivity contribution in [3.8, 4) is 16.8 Å². The zero-order chi connectivity index (χ0) is 38.2. The fourth-order valence-electron chi connectivity index (χ4n) is 9.88. The molecule has 0 radical (unpaired) electrons. The molecule has 12 rings (SSSR count). The van der Waals surface area contributed by atoms with Crippen molar-refractivity contribution < 1.29 is 0 Å². The van der Waals surface area contributed by atoms with E-state index in [1.54, 1.807) is 0 Å². The largest absolute Gasteiger partial charge is 0.310 e. The Bertz CT molecular complexity index is 3300. The van der Waals surface area contributed by atoms with Crippen molar-refractivity contribution in [1.29, 1.82) is 0 Å². The van der Waals surface area contributed by atoms with Gasteiger partial charge in [-0.2, -0.15) is 0 Å². The van der Waals surface area contributed by atoms with Gasteiger partial charge >= 0.3 is 0 Å². The van der Waals surface area contributed by atoms with E-state index < -0.39 is 5.41 Å². The fraction of sp³-hybridized carbons (Fsp3) is 0.0182. The van der Waals surface area contributed by atoms with Crippen molar-refractivity contribution >= 4 is 70.4 Å². The third-order valence-corrected chi connectivity index (χ3v) is 13.4. The number of para-hydroxylation sites is 3. The lowest BCUT2D eigenvalue weighted by Crippen LogP contribution is -2.28. The van der Waals surface area contributed by atoms with Crippen LogP contribution in [0.4, 0.5) is 17.1 Å². The zero-order valence-corrected chi connectivity index (χ0v) is 32.4. The summed E-state index contributed by atoms with van der Waals surface area (Å²) >= 11 is 1.92. The quantitative estimate of drug-likeness (QED) is 0.164. The Hall–Kier alpha value is -7.20. The maximum absolute atomic E-state index is 2.41. The first-order chi connectivity index (χ1) is 28.8. The van der Waals surface area contributed by atoms with Gasteiger partial charge in [0.15, 0.2) is 0 Å². The molecule has 0 saturated heterocycles. The molecule has 0 atom stereocenters. The van der Waals surface area contributed by atoms with Gasteiger partial charge in [0.25, 0.3) is 0 Å². The van der Waals surface area contributed by atoms with Crippen molar-refractivity contribution in [2.24, 2.45) is 0 Å². The number of hydrogen-bond acceptors (Lipinski definition) is 2. The van der Waals surface area contributed by atoms with E-state index in [-0.39, 0.29) is 0 Å². The van der Waals surface area contributed by atoms with Crippen LogP contribution in [-0.2, 0) is 5.41 Å². The minimum atomic E-state index is -0.456. The van der Waals surface area contributed by atoms with E-state index in [1.807, 2.05) is 11.3 Å². The molecule has 11 aromatic rings. The first kappa shape index (κ1) is 33.0. The van der Waals surface area contributed by atoms with E-state index in [0.717, 1.165) is 22.7 Å². The van der Waals surface area contributed by atoms with Gasteiger partial charge in [-0.3, -0.25) is 0 Å². The first-order valence-electron chi connectivity index (χ1n) is 19.9. The van der Waals surface area contributed by atoms with Crippen LogP contribution >= 0.6 is 11.3 Å². The SMILES string of the molecule is c1ccc(N(c2ccc3c(c2)sc2c(C4(c5ccccc5)c5ccccc5-c5ccccc54)cccc23)c2ccc3c(c2)c2ccccc2n3-c2ccccc2)cc1. The van der Waals surface area contributed by atoms with Crippen LogP contribution in [0.5, 0.6) is 0 Å². The molecule has 2 nitrogen and oxygen atoms in total. The van der Waals surface area contributed by atoms with Gasteiger partial charge in [-0.15, -0.1) is 11.3 Å². The molecule has 2 aromatic heterocycles. The molecule has 0 bridgehead atoms. The van der Waals surface area contributed by atoms with Gasteiger partial charge in [0.05, 0.1) is 16.4 Å². The standard InChI is InChI=1S/C55H36N2S/c1-4-17-37(18-5-1)55(48-27-13-10-23-42(48)43-24-11-14-28-49(43)55)50-29-16-26-46-45-33-31-41(36-53(45)58-54(46)50)56(38-19-6-2-7-20-38)40-32-34-52-47(35-40)44-25-12-15-30-51(44)57(52)39-21-8-3-9-22-39/h1-36H. The Morgan fingerprint density at radius 1 is 0.379 bits per heavy atom. The summed E-state index contributed by atoms with van der Waals surface area (Å²) in [5.74, 6) is 0. The zero-order valence-electron chi connectivity index (χ0n) is 31.6. The number of nitrogens with zero attached hydrogens (tertiary/aromatic N) is 2. The first-order valence-corrected chi connectivity index (χ1v) is 20.8. The molecule has 0 aliphatic heterocycles. The Labute approximate surface area is 341 Å². The summed E-state index contributed by atoms with van der Waals surface area (Å²) in [4.78, 5) is 2.41. The van der Waals surface area contributed by atoms with Crippen LogP contribution < -0.4 is 4.90 Å². The molecule has 9 aromatic carbocycles. The number of hydrogen-bond donors (Lipinski definition) is 0. The maximum atomic E-state index is 2.41. The predicted octanol–water partition coefficient (Wildman–Crippen LogP) is 15.0. The molecule has 0 unspecified atom stereocenters. The molecular formula is C55H36N2S. The van der Waals surface area contributed by atoms with Crippen LogP contribution in [-0.4, -0.2) is 4.57 Å². The van der Waals surface area contributed by atoms with Gasteiger partial charge in [0.1, 0.15) is 0 Å². The van der Waals surface area contributed by atoms with Crippen LogP contribution in [0, 0.1) is 0 Å². The monoisotopic (exact) mass is 756 g/mol. The number of rotatable bonds is 6. The van der Waals surface area contributed by atoms with Crippen LogP contribution in [0.1, 0.15) is 22.3 Å². The minimum absolute atomic E-state index is 0.456. The van der Waals surface area contributed by atoms with Crippen LogP contribution in [0.2, 0.25) is 0 Å². The van der Waals surface area contributed by atoms with E-state index in [0.29, 0.717) is 0 Å². The third kappa shape index (κ3) is 4.71. The molecule has 58 heavy (non-hydrogen) atoms. The summed E-state index contributed by atoms with van der Waals surface area (Å²) < 4.78 is 4.97. The Kier molecular flexibility index (Phi) is 7.35. The minimum Gasteiger partial charge on any atom is -0.310 e. The van der Waals surface area contributed by atoms with Crippen molar-refractivity contribution in [2.75, 3.05) is 4.90 Å². The fourth-order valence-corrected chi connectivity index (χ4v) is 11.2. The topological polar surface area (TPSA) is 8.17 Å². The summed E-state index contributed by atoms with van der Waals surface area (Å²) in [6, 6.07) is 80.3. The lowest BCUT2D eigenvalue weighted by Gasteiger charge is -2.34. The normalized spacial score (nSPS) is 13.0. The number of anilines is 3. The summed E-state index contributed by atoms with van der Waals surface area (Å²) in [6.45, 7) is 0. The average molecular weight is 757 g/mol. The van der Waals surface area contributed by atoms with Crippen molar-refractivity contribution in [3.05, 3.63) is 241 Å². The van der Waals surface area contributed by atoms with Gasteiger partial charge in [-0.1, -0.05) is 158 Å². The highest BCUT2D eigenvalue weighted by Gasteiger charge is 2.47. The summed E-state index contributed by atoms with van der Waals surface area (Å²) in [7, 11) is 0. The third-order valence-electron chi connectivity index (χ3n) is 12.2. The number of fused-ring (bicyclic) bond motifs is 9. The molecule has 0 fully saturated rings. The number of benzene rings is 9. The van der Waals surface area contributed by atoms with Gasteiger partial charge in [0, 0.05) is 53.7 Å². The lowest BCUT2D eigenvalue weighted by molar-refractivity contribution is 0.778. The Morgan fingerprint density at radius 3 is 1.71 bits per heavy atom. The predicted molar refractivity (Wildman–Crippen MR) is 246 cm³/mol. The number of thiophene rings is 1. The van der Waals surface area contributed by atoms with E-state index in [4.69, 9.17) is 0 Å². The van der Waals surface area contributed by atoms with Gasteiger partial charge < -0.3 is 9.47 Å². The second kappa shape index (κ2) is 12.9. The summed E-state index contributed by atoms with van der Waals surface area (Å²) in [5, 5.41) is 5.05. The molecule has 0 amide bonds. The molecular weight excluding hydrogens is 721 g/mol. The molecule has 0 saturated carbocycles. The molecule has 272 valence electrons. The molecule has 0 spiro atoms. The van der Waals surface area contributed by atoms with Crippen LogP contribution in [0.15, 0.2) is 218 Å². The summed E-state index contributed by atoms with van der Waals surface area (Å²) in [5.41, 5.74) is 14.4. The van der Waals surface area contributed by atoms with E-state index in [9.17, 15) is 0 Å². The highest BCUT2D eigenvalue weighted by atomic mass is 32.1. The summed E-state index contributed by atoms with van der Waals surface area (Å²) in [6.07, 6.45) is 0. The smallest absolute Gasteiger partial charge is 0.0727 e.